The van der Waals surface area contributed by atoms with Gasteiger partial charge in [0, 0.05) is 36.1 Å². The zero-order valence-corrected chi connectivity index (χ0v) is 17.8. The summed E-state index contributed by atoms with van der Waals surface area (Å²) in [7, 11) is 0. The van der Waals surface area contributed by atoms with Crippen LogP contribution in [0.4, 0.5) is 4.39 Å². The first kappa shape index (κ1) is 21.8. The highest BCUT2D eigenvalue weighted by Crippen LogP contribution is 2.32. The predicted octanol–water partition coefficient (Wildman–Crippen LogP) is 2.70. The van der Waals surface area contributed by atoms with E-state index in [0.717, 1.165) is 45.3 Å². The number of carbonyl (C=O) groups is 1. The molecule has 1 unspecified atom stereocenters. The van der Waals surface area contributed by atoms with Crippen LogP contribution in [-0.4, -0.2) is 56.0 Å². The van der Waals surface area contributed by atoms with Gasteiger partial charge in [-0.1, -0.05) is 17.7 Å². The lowest BCUT2D eigenvalue weighted by atomic mass is 10.0. The van der Waals surface area contributed by atoms with Gasteiger partial charge in [-0.05, 0) is 57.8 Å². The highest BCUT2D eigenvalue weighted by molar-refractivity contribution is 6.31. The molecule has 1 atom stereocenters. The van der Waals surface area contributed by atoms with Crippen LogP contribution in [0.3, 0.4) is 0 Å². The number of nitrogens with zero attached hydrogens (tertiary/aromatic N) is 2. The van der Waals surface area contributed by atoms with Crippen molar-refractivity contribution in [2.24, 2.45) is 10.9 Å². The lowest BCUT2D eigenvalue weighted by molar-refractivity contribution is -0.122. The molecule has 0 radical (unpaired) electrons. The fourth-order valence-electron chi connectivity index (χ4n) is 3.65. The Balaban J connectivity index is 1.63. The maximum Gasteiger partial charge on any atom is 0.223 e. The van der Waals surface area contributed by atoms with Gasteiger partial charge in [-0.25, -0.2) is 4.39 Å². The van der Waals surface area contributed by atoms with E-state index >= 15 is 0 Å². The molecule has 0 bridgehead atoms. The van der Waals surface area contributed by atoms with E-state index in [9.17, 15) is 9.18 Å². The van der Waals surface area contributed by atoms with Crippen molar-refractivity contribution in [3.63, 3.8) is 0 Å². The lowest BCUT2D eigenvalue weighted by Crippen LogP contribution is -2.42. The molecule has 1 aromatic rings. The number of halogens is 2. The van der Waals surface area contributed by atoms with Crippen LogP contribution < -0.4 is 16.0 Å². The molecule has 1 aromatic carbocycles. The SMILES string of the molecule is CCNC(=NCC(c1c(F)cccc1Cl)N1CCCC1)NCCNC(=O)C1CC1. The normalized spacial score (nSPS) is 18.5. The summed E-state index contributed by atoms with van der Waals surface area (Å²) in [5.41, 5.74) is 0.521. The van der Waals surface area contributed by atoms with Gasteiger partial charge in [-0.2, -0.15) is 0 Å². The Labute approximate surface area is 177 Å². The van der Waals surface area contributed by atoms with Crippen molar-refractivity contribution in [1.82, 2.24) is 20.9 Å². The predicted molar refractivity (Wildman–Crippen MR) is 115 cm³/mol. The minimum Gasteiger partial charge on any atom is -0.357 e. The highest BCUT2D eigenvalue weighted by Gasteiger charge is 2.29. The summed E-state index contributed by atoms with van der Waals surface area (Å²) in [4.78, 5) is 18.7. The zero-order valence-electron chi connectivity index (χ0n) is 17.0. The van der Waals surface area contributed by atoms with Crippen molar-refractivity contribution in [3.05, 3.63) is 34.6 Å². The second-order valence-electron chi connectivity index (χ2n) is 7.61. The standard InChI is InChI=1S/C21H31ClFN5O/c1-2-24-21(26-11-10-25-20(29)15-8-9-15)27-14-18(28-12-3-4-13-28)19-16(22)6-5-7-17(19)23/h5-7,15,18H,2-4,8-14H2,1H3,(H,25,29)(H2,24,26,27). The van der Waals surface area contributed by atoms with Gasteiger partial charge in [0.25, 0.3) is 0 Å². The van der Waals surface area contributed by atoms with Gasteiger partial charge in [-0.3, -0.25) is 14.7 Å². The molecule has 1 aliphatic heterocycles. The zero-order chi connectivity index (χ0) is 20.6. The molecule has 160 valence electrons. The first-order valence-electron chi connectivity index (χ1n) is 10.6. The van der Waals surface area contributed by atoms with Crippen LogP contribution in [0.25, 0.3) is 0 Å². The van der Waals surface area contributed by atoms with Crippen molar-refractivity contribution in [1.29, 1.82) is 0 Å². The fourth-order valence-corrected chi connectivity index (χ4v) is 3.94. The van der Waals surface area contributed by atoms with E-state index in [2.05, 4.69) is 20.9 Å². The molecule has 1 amide bonds. The molecule has 8 heteroatoms. The Hall–Kier alpha value is -1.86. The molecule has 6 nitrogen and oxygen atoms in total. The van der Waals surface area contributed by atoms with Gasteiger partial charge in [0.2, 0.25) is 5.91 Å². The molecule has 1 heterocycles. The van der Waals surface area contributed by atoms with Crippen molar-refractivity contribution in [3.8, 4) is 0 Å². The molecule has 3 N–H and O–H groups in total. The second kappa shape index (κ2) is 10.8. The Bertz CT molecular complexity index is 699. The molecule has 1 saturated heterocycles. The van der Waals surface area contributed by atoms with Crippen LogP contribution in [0.1, 0.15) is 44.2 Å². The van der Waals surface area contributed by atoms with Crippen LogP contribution >= 0.6 is 11.6 Å². The minimum absolute atomic E-state index is 0.136. The molecule has 0 spiro atoms. The van der Waals surface area contributed by atoms with Crippen LogP contribution in [-0.2, 0) is 4.79 Å². The molecular formula is C21H31ClFN5O. The number of rotatable bonds is 9. The average molecular weight is 424 g/mol. The maximum absolute atomic E-state index is 14.6. The molecule has 2 aliphatic rings. The van der Waals surface area contributed by atoms with Crippen molar-refractivity contribution in [2.75, 3.05) is 39.3 Å². The molecule has 0 aromatic heterocycles. The average Bonchev–Trinajstić information content (AvgIpc) is 3.42. The maximum atomic E-state index is 14.6. The summed E-state index contributed by atoms with van der Waals surface area (Å²) in [5, 5.41) is 9.83. The number of carbonyl (C=O) groups excluding carboxylic acids is 1. The van der Waals surface area contributed by atoms with E-state index in [1.54, 1.807) is 12.1 Å². The Morgan fingerprint density at radius 1 is 1.24 bits per heavy atom. The van der Waals surface area contributed by atoms with Gasteiger partial charge < -0.3 is 16.0 Å². The monoisotopic (exact) mass is 423 g/mol. The summed E-state index contributed by atoms with van der Waals surface area (Å²) < 4.78 is 14.6. The highest BCUT2D eigenvalue weighted by atomic mass is 35.5. The van der Waals surface area contributed by atoms with Gasteiger partial charge in [0.15, 0.2) is 5.96 Å². The number of hydrogen-bond donors (Lipinski definition) is 3. The van der Waals surface area contributed by atoms with E-state index in [4.69, 9.17) is 16.6 Å². The quantitative estimate of drug-likeness (QED) is 0.324. The molecule has 1 saturated carbocycles. The Morgan fingerprint density at radius 3 is 2.62 bits per heavy atom. The number of amides is 1. The molecule has 2 fully saturated rings. The van der Waals surface area contributed by atoms with E-state index in [-0.39, 0.29) is 23.7 Å². The van der Waals surface area contributed by atoms with Gasteiger partial charge in [0.1, 0.15) is 5.82 Å². The van der Waals surface area contributed by atoms with Crippen LogP contribution in [0.15, 0.2) is 23.2 Å². The summed E-state index contributed by atoms with van der Waals surface area (Å²) >= 11 is 6.36. The van der Waals surface area contributed by atoms with E-state index in [1.165, 1.54) is 6.07 Å². The third kappa shape index (κ3) is 6.31. The van der Waals surface area contributed by atoms with Crippen LogP contribution in [0.5, 0.6) is 0 Å². The number of guanidine groups is 1. The summed E-state index contributed by atoms with van der Waals surface area (Å²) in [5.74, 6) is 0.718. The van der Waals surface area contributed by atoms with E-state index in [0.29, 0.717) is 36.2 Å². The molecule has 3 rings (SSSR count). The summed E-state index contributed by atoms with van der Waals surface area (Å²) in [6.07, 6.45) is 4.20. The first-order chi connectivity index (χ1) is 14.1. The van der Waals surface area contributed by atoms with Crippen molar-refractivity contribution < 1.29 is 9.18 Å². The van der Waals surface area contributed by atoms with E-state index < -0.39 is 0 Å². The van der Waals surface area contributed by atoms with Crippen molar-refractivity contribution >= 4 is 23.5 Å². The van der Waals surface area contributed by atoms with Crippen molar-refractivity contribution in [2.45, 2.75) is 38.6 Å². The summed E-state index contributed by atoms with van der Waals surface area (Å²) in [6.45, 7) is 6.09. The van der Waals surface area contributed by atoms with Crippen LogP contribution in [0, 0.1) is 11.7 Å². The molecular weight excluding hydrogens is 393 g/mol. The third-order valence-corrected chi connectivity index (χ3v) is 5.68. The smallest absolute Gasteiger partial charge is 0.223 e. The molecule has 1 aliphatic carbocycles. The van der Waals surface area contributed by atoms with E-state index in [1.807, 2.05) is 6.92 Å². The van der Waals surface area contributed by atoms with Crippen LogP contribution in [0.2, 0.25) is 5.02 Å². The largest absolute Gasteiger partial charge is 0.357 e. The topological polar surface area (TPSA) is 68.8 Å². The summed E-state index contributed by atoms with van der Waals surface area (Å²) in [6, 6.07) is 4.63. The number of likely N-dealkylation sites (tertiary alicyclic amines) is 1. The first-order valence-corrected chi connectivity index (χ1v) is 11.0. The Kier molecular flexibility index (Phi) is 8.12. The lowest BCUT2D eigenvalue weighted by Gasteiger charge is -2.28. The molecule has 29 heavy (non-hydrogen) atoms. The van der Waals surface area contributed by atoms with Gasteiger partial charge >= 0.3 is 0 Å². The minimum atomic E-state index is -0.287. The second-order valence-corrected chi connectivity index (χ2v) is 8.01. The number of aliphatic imine (C=N–C) groups is 1. The van der Waals surface area contributed by atoms with Gasteiger partial charge in [0.05, 0.1) is 12.6 Å². The van der Waals surface area contributed by atoms with Gasteiger partial charge in [-0.15, -0.1) is 0 Å². The number of nitrogens with one attached hydrogen (secondary N) is 3. The third-order valence-electron chi connectivity index (χ3n) is 5.35. The Morgan fingerprint density at radius 2 is 1.97 bits per heavy atom. The fraction of sp³-hybridized carbons (Fsp3) is 0.619. The number of hydrogen-bond acceptors (Lipinski definition) is 3. The number of benzene rings is 1.